The molecule has 0 spiro atoms. The number of aliphatic carboxylic acids is 1. The van der Waals surface area contributed by atoms with Gasteiger partial charge in [0, 0.05) is 6.54 Å². The van der Waals surface area contributed by atoms with Crippen LogP contribution >= 0.6 is 0 Å². The fourth-order valence-electron chi connectivity index (χ4n) is 2.75. The van der Waals surface area contributed by atoms with Crippen molar-refractivity contribution >= 4 is 5.97 Å². The summed E-state index contributed by atoms with van der Waals surface area (Å²) < 4.78 is 0. The van der Waals surface area contributed by atoms with E-state index in [4.69, 9.17) is 0 Å². The summed E-state index contributed by atoms with van der Waals surface area (Å²) in [5.74, 6) is -0.0145. The number of carbonyl (C=O) groups is 1. The van der Waals surface area contributed by atoms with Crippen molar-refractivity contribution in [3.05, 3.63) is 35.9 Å². The largest absolute Gasteiger partial charge is 0.481 e. The first-order valence-corrected chi connectivity index (χ1v) is 7.08. The zero-order valence-electron chi connectivity index (χ0n) is 11.6. The van der Waals surface area contributed by atoms with Crippen molar-refractivity contribution in [3.63, 3.8) is 0 Å². The monoisotopic (exact) mass is 261 g/mol. The summed E-state index contributed by atoms with van der Waals surface area (Å²) in [6.07, 6.45) is 3.65. The van der Waals surface area contributed by atoms with Crippen LogP contribution in [0.5, 0.6) is 0 Å². The van der Waals surface area contributed by atoms with E-state index in [1.165, 1.54) is 5.56 Å². The highest BCUT2D eigenvalue weighted by atomic mass is 16.4. The molecule has 3 heteroatoms. The van der Waals surface area contributed by atoms with Gasteiger partial charge in [0.05, 0.1) is 5.41 Å². The Balaban J connectivity index is 1.70. The summed E-state index contributed by atoms with van der Waals surface area (Å²) in [6.45, 7) is 3.76. The normalized spacial score (nSPS) is 27.1. The van der Waals surface area contributed by atoms with Crippen molar-refractivity contribution in [1.82, 2.24) is 5.32 Å². The molecule has 1 saturated carbocycles. The maximum absolute atomic E-state index is 11.2. The molecule has 0 amide bonds. The first kappa shape index (κ1) is 14.1. The van der Waals surface area contributed by atoms with Crippen molar-refractivity contribution < 1.29 is 9.90 Å². The molecule has 0 saturated heterocycles. The number of benzene rings is 1. The average molecular weight is 261 g/mol. The molecular weight excluding hydrogens is 238 g/mol. The van der Waals surface area contributed by atoms with Crippen molar-refractivity contribution in [2.24, 2.45) is 11.3 Å². The Morgan fingerprint density at radius 2 is 1.95 bits per heavy atom. The van der Waals surface area contributed by atoms with Gasteiger partial charge in [0.25, 0.3) is 0 Å². The van der Waals surface area contributed by atoms with E-state index in [9.17, 15) is 9.90 Å². The lowest BCUT2D eigenvalue weighted by Crippen LogP contribution is -2.35. The predicted octanol–water partition coefficient (Wildman–Crippen LogP) is 3.06. The van der Waals surface area contributed by atoms with Crippen molar-refractivity contribution in [3.8, 4) is 0 Å². The van der Waals surface area contributed by atoms with E-state index >= 15 is 0 Å². The van der Waals surface area contributed by atoms with Gasteiger partial charge in [-0.3, -0.25) is 4.79 Å². The van der Waals surface area contributed by atoms with Crippen LogP contribution in [0, 0.1) is 11.3 Å². The molecule has 1 aromatic rings. The zero-order chi connectivity index (χ0) is 13.7. The van der Waals surface area contributed by atoms with Gasteiger partial charge in [-0.2, -0.15) is 0 Å². The Labute approximate surface area is 115 Å². The van der Waals surface area contributed by atoms with Crippen molar-refractivity contribution in [2.45, 2.75) is 39.2 Å². The van der Waals surface area contributed by atoms with Crippen LogP contribution in [0.1, 0.15) is 38.2 Å². The molecule has 104 valence electrons. The van der Waals surface area contributed by atoms with Crippen LogP contribution in [0.3, 0.4) is 0 Å². The summed E-state index contributed by atoms with van der Waals surface area (Å²) in [7, 11) is 0. The molecule has 3 nitrogen and oxygen atoms in total. The third kappa shape index (κ3) is 3.80. The molecule has 19 heavy (non-hydrogen) atoms. The highest BCUT2D eigenvalue weighted by Gasteiger charge is 2.37. The van der Waals surface area contributed by atoms with E-state index in [-0.39, 0.29) is 0 Å². The van der Waals surface area contributed by atoms with Crippen LogP contribution in [-0.4, -0.2) is 17.6 Å². The van der Waals surface area contributed by atoms with Gasteiger partial charge in [-0.25, -0.2) is 0 Å². The second-order valence-corrected chi connectivity index (χ2v) is 5.93. The zero-order valence-corrected chi connectivity index (χ0v) is 11.6. The van der Waals surface area contributed by atoms with E-state index in [0.29, 0.717) is 5.92 Å². The predicted molar refractivity (Wildman–Crippen MR) is 75.8 cm³/mol. The van der Waals surface area contributed by atoms with E-state index in [0.717, 1.165) is 38.8 Å². The fraction of sp³-hybridized carbons (Fsp3) is 0.562. The summed E-state index contributed by atoms with van der Waals surface area (Å²) in [4.78, 5) is 11.2. The number of rotatable bonds is 5. The molecule has 0 bridgehead atoms. The first-order chi connectivity index (χ1) is 9.10. The smallest absolute Gasteiger partial charge is 0.309 e. The minimum Gasteiger partial charge on any atom is -0.481 e. The van der Waals surface area contributed by atoms with Crippen LogP contribution in [-0.2, 0) is 11.3 Å². The molecule has 0 aromatic heterocycles. The molecule has 1 aliphatic rings. The Kier molecular flexibility index (Phi) is 4.59. The third-order valence-electron chi connectivity index (χ3n) is 4.33. The van der Waals surface area contributed by atoms with Gasteiger partial charge in [-0.1, -0.05) is 30.3 Å². The second kappa shape index (κ2) is 6.20. The fourth-order valence-corrected chi connectivity index (χ4v) is 2.75. The van der Waals surface area contributed by atoms with Gasteiger partial charge in [0.15, 0.2) is 0 Å². The van der Waals surface area contributed by atoms with Crippen molar-refractivity contribution in [2.75, 3.05) is 6.54 Å². The summed E-state index contributed by atoms with van der Waals surface area (Å²) in [6, 6.07) is 10.4. The summed E-state index contributed by atoms with van der Waals surface area (Å²) >= 11 is 0. The van der Waals surface area contributed by atoms with E-state index in [1.54, 1.807) is 0 Å². The van der Waals surface area contributed by atoms with E-state index < -0.39 is 11.4 Å². The highest BCUT2D eigenvalue weighted by Crippen LogP contribution is 2.38. The molecule has 1 aromatic carbocycles. The first-order valence-electron chi connectivity index (χ1n) is 7.08. The van der Waals surface area contributed by atoms with Crippen molar-refractivity contribution in [1.29, 1.82) is 0 Å². The average Bonchev–Trinajstić information content (AvgIpc) is 2.42. The minimum atomic E-state index is -0.636. The van der Waals surface area contributed by atoms with E-state index in [2.05, 4.69) is 29.6 Å². The highest BCUT2D eigenvalue weighted by molar-refractivity contribution is 5.74. The molecule has 0 heterocycles. The van der Waals surface area contributed by atoms with Gasteiger partial charge in [0.1, 0.15) is 0 Å². The van der Waals surface area contributed by atoms with Crippen LogP contribution in [0.4, 0.5) is 0 Å². The lowest BCUT2D eigenvalue weighted by Gasteiger charge is -2.34. The number of nitrogens with one attached hydrogen (secondary N) is 1. The Morgan fingerprint density at radius 1 is 1.32 bits per heavy atom. The number of hydrogen-bond donors (Lipinski definition) is 2. The van der Waals surface area contributed by atoms with Gasteiger partial charge in [-0.05, 0) is 50.6 Å². The van der Waals surface area contributed by atoms with Crippen LogP contribution in [0.15, 0.2) is 30.3 Å². The molecule has 2 N–H and O–H groups in total. The SMILES string of the molecule is CC1(C(=O)O)CCC(CNCc2ccccc2)CC1. The molecule has 2 rings (SSSR count). The molecule has 1 fully saturated rings. The lowest BCUT2D eigenvalue weighted by atomic mass is 9.72. The van der Waals surface area contributed by atoms with Gasteiger partial charge in [-0.15, -0.1) is 0 Å². The quantitative estimate of drug-likeness (QED) is 0.856. The molecule has 0 unspecified atom stereocenters. The molecule has 0 radical (unpaired) electrons. The summed E-state index contributed by atoms with van der Waals surface area (Å²) in [5.41, 5.74) is 0.810. The van der Waals surface area contributed by atoms with Crippen LogP contribution in [0.2, 0.25) is 0 Å². The van der Waals surface area contributed by atoms with Gasteiger partial charge >= 0.3 is 5.97 Å². The minimum absolute atomic E-state index is 0.490. The maximum atomic E-state index is 11.2. The van der Waals surface area contributed by atoms with Gasteiger partial charge < -0.3 is 10.4 Å². The standard InChI is InChI=1S/C16H23NO2/c1-16(15(18)19)9-7-14(8-10-16)12-17-11-13-5-3-2-4-6-13/h2-6,14,17H,7-12H2,1H3,(H,18,19). The topological polar surface area (TPSA) is 49.3 Å². The Hall–Kier alpha value is -1.35. The number of hydrogen-bond acceptors (Lipinski definition) is 2. The molecule has 1 aliphatic carbocycles. The Morgan fingerprint density at radius 3 is 2.53 bits per heavy atom. The number of carboxylic acids is 1. The lowest BCUT2D eigenvalue weighted by molar-refractivity contribution is -0.150. The number of carboxylic acid groups (broad SMARTS) is 1. The van der Waals surface area contributed by atoms with Crippen LogP contribution in [0.25, 0.3) is 0 Å². The molecular formula is C16H23NO2. The van der Waals surface area contributed by atoms with Crippen LogP contribution < -0.4 is 5.32 Å². The molecule has 0 atom stereocenters. The van der Waals surface area contributed by atoms with Gasteiger partial charge in [0.2, 0.25) is 0 Å². The molecule has 0 aliphatic heterocycles. The Bertz CT molecular complexity index is 408. The summed E-state index contributed by atoms with van der Waals surface area (Å²) in [5, 5.41) is 12.7. The third-order valence-corrected chi connectivity index (χ3v) is 4.33. The maximum Gasteiger partial charge on any atom is 0.309 e. The second-order valence-electron chi connectivity index (χ2n) is 5.93. The van der Waals surface area contributed by atoms with E-state index in [1.807, 2.05) is 13.0 Å².